The number of aromatic amines is 2. The van der Waals surface area contributed by atoms with Crippen LogP contribution in [0.4, 0.5) is 0 Å². The lowest BCUT2D eigenvalue weighted by Gasteiger charge is -2.27. The number of hydrogen-bond donors (Lipinski definition) is 4. The lowest BCUT2D eigenvalue weighted by atomic mass is 9.86. The zero-order valence-electron chi connectivity index (χ0n) is 10.7. The van der Waals surface area contributed by atoms with Gasteiger partial charge in [0.15, 0.2) is 0 Å². The third-order valence-corrected chi connectivity index (χ3v) is 2.45. The highest BCUT2D eigenvalue weighted by Gasteiger charge is 2.33. The molecule has 0 aliphatic heterocycles. The van der Waals surface area contributed by atoms with Gasteiger partial charge in [-0.25, -0.2) is 9.59 Å². The lowest BCUT2D eigenvalue weighted by molar-refractivity contribution is -0.142. The molecule has 0 spiro atoms. The largest absolute Gasteiger partial charge is 0.480 e. The topological polar surface area (TPSA) is 132 Å². The molecule has 0 saturated carbocycles. The molecular formula is C11H15N3O5. The van der Waals surface area contributed by atoms with E-state index >= 15 is 0 Å². The Balaban J connectivity index is 3.05. The zero-order valence-corrected chi connectivity index (χ0v) is 10.7. The van der Waals surface area contributed by atoms with Gasteiger partial charge in [0.05, 0.1) is 0 Å². The highest BCUT2D eigenvalue weighted by molar-refractivity contribution is 5.96. The van der Waals surface area contributed by atoms with Crippen molar-refractivity contribution in [2.75, 3.05) is 0 Å². The van der Waals surface area contributed by atoms with Gasteiger partial charge in [-0.1, -0.05) is 20.8 Å². The van der Waals surface area contributed by atoms with Gasteiger partial charge in [-0.05, 0) is 5.41 Å². The van der Waals surface area contributed by atoms with Crippen LogP contribution in [-0.4, -0.2) is 33.0 Å². The van der Waals surface area contributed by atoms with E-state index in [1.807, 2.05) is 4.98 Å². The number of hydrogen-bond acceptors (Lipinski definition) is 4. The van der Waals surface area contributed by atoms with Gasteiger partial charge in [0.1, 0.15) is 11.6 Å². The van der Waals surface area contributed by atoms with Crippen molar-refractivity contribution in [2.45, 2.75) is 26.8 Å². The molecule has 1 aromatic rings. The van der Waals surface area contributed by atoms with E-state index in [-0.39, 0.29) is 5.56 Å². The maximum absolute atomic E-state index is 11.8. The highest BCUT2D eigenvalue weighted by atomic mass is 16.4. The van der Waals surface area contributed by atoms with E-state index in [1.54, 1.807) is 20.8 Å². The maximum Gasteiger partial charge on any atom is 0.326 e. The Morgan fingerprint density at radius 2 is 1.89 bits per heavy atom. The van der Waals surface area contributed by atoms with Gasteiger partial charge in [0.25, 0.3) is 11.5 Å². The summed E-state index contributed by atoms with van der Waals surface area (Å²) in [6.45, 7) is 4.93. The minimum absolute atomic E-state index is 0.352. The highest BCUT2D eigenvalue weighted by Crippen LogP contribution is 2.19. The Hall–Kier alpha value is -2.38. The van der Waals surface area contributed by atoms with Gasteiger partial charge in [0, 0.05) is 6.20 Å². The summed E-state index contributed by atoms with van der Waals surface area (Å²) in [7, 11) is 0. The molecule has 1 aromatic heterocycles. The summed E-state index contributed by atoms with van der Waals surface area (Å²) in [6.07, 6.45) is 0.943. The van der Waals surface area contributed by atoms with Gasteiger partial charge in [-0.3, -0.25) is 14.6 Å². The standard InChI is InChI=1S/C11H15N3O5/c1-11(2,3)6(9(17)18)13-7(15)5-4-12-10(19)14-8(5)16/h4,6H,1-3H3,(H,13,15)(H,17,18)(H2,12,14,16,19). The van der Waals surface area contributed by atoms with Crippen LogP contribution in [0.3, 0.4) is 0 Å². The second-order valence-corrected chi connectivity index (χ2v) is 5.10. The van der Waals surface area contributed by atoms with Crippen LogP contribution < -0.4 is 16.6 Å². The van der Waals surface area contributed by atoms with Crippen molar-refractivity contribution >= 4 is 11.9 Å². The van der Waals surface area contributed by atoms with E-state index in [2.05, 4.69) is 10.3 Å². The number of H-pyrrole nitrogens is 2. The molecule has 0 aromatic carbocycles. The summed E-state index contributed by atoms with van der Waals surface area (Å²) in [5.74, 6) is -2.07. The van der Waals surface area contributed by atoms with Crippen LogP contribution in [-0.2, 0) is 4.79 Å². The van der Waals surface area contributed by atoms with Crippen molar-refractivity contribution in [3.8, 4) is 0 Å². The van der Waals surface area contributed by atoms with Crippen LogP contribution in [0.2, 0.25) is 0 Å². The molecule has 0 aliphatic carbocycles. The maximum atomic E-state index is 11.8. The molecule has 0 bridgehead atoms. The number of aliphatic carboxylic acids is 1. The van der Waals surface area contributed by atoms with Crippen LogP contribution in [0.5, 0.6) is 0 Å². The summed E-state index contributed by atoms with van der Waals surface area (Å²) in [6, 6.07) is -1.16. The number of carboxylic acids is 1. The average Bonchev–Trinajstić information content (AvgIpc) is 2.23. The molecule has 1 amide bonds. The fourth-order valence-electron chi connectivity index (χ4n) is 1.44. The van der Waals surface area contributed by atoms with Crippen molar-refractivity contribution in [1.82, 2.24) is 15.3 Å². The Labute approximate surface area is 107 Å². The third kappa shape index (κ3) is 3.54. The molecule has 0 radical (unpaired) electrons. The van der Waals surface area contributed by atoms with Crippen LogP contribution in [0.1, 0.15) is 31.1 Å². The summed E-state index contributed by atoms with van der Waals surface area (Å²) >= 11 is 0. The summed E-state index contributed by atoms with van der Waals surface area (Å²) < 4.78 is 0. The van der Waals surface area contributed by atoms with Gasteiger partial charge < -0.3 is 15.4 Å². The van der Waals surface area contributed by atoms with Crippen molar-refractivity contribution < 1.29 is 14.7 Å². The quantitative estimate of drug-likeness (QED) is 0.575. The number of carbonyl (C=O) groups is 2. The fourth-order valence-corrected chi connectivity index (χ4v) is 1.44. The van der Waals surface area contributed by atoms with Crippen LogP contribution in [0.15, 0.2) is 15.8 Å². The average molecular weight is 269 g/mol. The first-order valence-corrected chi connectivity index (χ1v) is 5.48. The smallest absolute Gasteiger partial charge is 0.326 e. The first kappa shape index (κ1) is 14.7. The molecule has 104 valence electrons. The van der Waals surface area contributed by atoms with Crippen molar-refractivity contribution in [2.24, 2.45) is 5.41 Å². The predicted molar refractivity (Wildman–Crippen MR) is 66.0 cm³/mol. The summed E-state index contributed by atoms with van der Waals surface area (Å²) in [5.41, 5.74) is -2.70. The van der Waals surface area contributed by atoms with Crippen molar-refractivity contribution in [1.29, 1.82) is 0 Å². The normalized spacial score (nSPS) is 12.8. The molecule has 8 heteroatoms. The van der Waals surface area contributed by atoms with Gasteiger partial charge in [-0.15, -0.1) is 0 Å². The second kappa shape index (κ2) is 5.09. The fraction of sp³-hybridized carbons (Fsp3) is 0.455. The number of carbonyl (C=O) groups excluding carboxylic acids is 1. The van der Waals surface area contributed by atoms with Gasteiger partial charge in [0.2, 0.25) is 0 Å². The SMILES string of the molecule is CC(C)(C)C(NC(=O)c1c[nH]c(=O)[nH]c1=O)C(=O)O. The molecule has 19 heavy (non-hydrogen) atoms. The molecule has 8 nitrogen and oxygen atoms in total. The minimum atomic E-state index is -1.21. The monoisotopic (exact) mass is 269 g/mol. The van der Waals surface area contributed by atoms with Crippen LogP contribution >= 0.6 is 0 Å². The predicted octanol–water partition coefficient (Wildman–Crippen LogP) is -0.708. The second-order valence-electron chi connectivity index (χ2n) is 5.10. The van der Waals surface area contributed by atoms with E-state index in [4.69, 9.17) is 5.11 Å². The molecule has 4 N–H and O–H groups in total. The van der Waals surface area contributed by atoms with E-state index in [9.17, 15) is 19.2 Å². The first-order chi connectivity index (χ1) is 8.62. The molecule has 1 unspecified atom stereocenters. The zero-order chi connectivity index (χ0) is 14.8. The van der Waals surface area contributed by atoms with Crippen molar-refractivity contribution in [3.05, 3.63) is 32.6 Å². The van der Waals surface area contributed by atoms with Crippen LogP contribution in [0, 0.1) is 5.41 Å². The third-order valence-electron chi connectivity index (χ3n) is 2.45. The number of aromatic nitrogens is 2. The minimum Gasteiger partial charge on any atom is -0.480 e. The molecule has 1 heterocycles. The molecule has 1 atom stereocenters. The van der Waals surface area contributed by atoms with Crippen molar-refractivity contribution in [3.63, 3.8) is 0 Å². The summed E-state index contributed by atoms with van der Waals surface area (Å²) in [4.78, 5) is 49.2. The molecule has 1 rings (SSSR count). The Morgan fingerprint density at radius 3 is 2.32 bits per heavy atom. The van der Waals surface area contributed by atoms with E-state index in [0.717, 1.165) is 6.20 Å². The number of carboxylic acid groups (broad SMARTS) is 1. The van der Waals surface area contributed by atoms with E-state index < -0.39 is 34.6 Å². The van der Waals surface area contributed by atoms with Gasteiger partial charge >= 0.3 is 11.7 Å². The van der Waals surface area contributed by atoms with E-state index in [1.165, 1.54) is 0 Å². The van der Waals surface area contributed by atoms with E-state index in [0.29, 0.717) is 0 Å². The number of nitrogens with one attached hydrogen (secondary N) is 3. The number of rotatable bonds is 3. The lowest BCUT2D eigenvalue weighted by Crippen LogP contribution is -2.50. The molecule has 0 fully saturated rings. The molecule has 0 saturated heterocycles. The number of amides is 1. The first-order valence-electron chi connectivity index (χ1n) is 5.48. The molecule has 0 aliphatic rings. The Bertz CT molecular complexity index is 608. The molecular weight excluding hydrogens is 254 g/mol. The van der Waals surface area contributed by atoms with Gasteiger partial charge in [-0.2, -0.15) is 0 Å². The summed E-state index contributed by atoms with van der Waals surface area (Å²) in [5, 5.41) is 11.3. The van der Waals surface area contributed by atoms with Crippen LogP contribution in [0.25, 0.3) is 0 Å². The Morgan fingerprint density at radius 1 is 1.32 bits per heavy atom. The Kier molecular flexibility index (Phi) is 3.93.